The summed E-state index contributed by atoms with van der Waals surface area (Å²) in [6.07, 6.45) is -7.31. The predicted octanol–water partition coefficient (Wildman–Crippen LogP) is 3.70. The molecule has 114 valence electrons. The Labute approximate surface area is 126 Å². The molecule has 0 aromatic heterocycles. The zero-order valence-electron chi connectivity index (χ0n) is 10.9. The number of aliphatic hydroxyl groups is 1. The van der Waals surface area contributed by atoms with E-state index in [9.17, 15) is 18.3 Å². The fraction of sp³-hybridized carbons (Fsp3) is 0.200. The number of alkyl halides is 3. The van der Waals surface area contributed by atoms with Gasteiger partial charge in [0.2, 0.25) is 0 Å². The van der Waals surface area contributed by atoms with Crippen LogP contribution in [0.25, 0.3) is 11.1 Å². The van der Waals surface area contributed by atoms with E-state index in [0.29, 0.717) is 0 Å². The number of hydrogen-bond donors (Lipinski definition) is 2. The van der Waals surface area contributed by atoms with E-state index in [1.165, 1.54) is 6.07 Å². The summed E-state index contributed by atoms with van der Waals surface area (Å²) in [5.41, 5.74) is 7.38. The zero-order valence-corrected chi connectivity index (χ0v) is 11.7. The maximum absolute atomic E-state index is 12.5. The molecule has 21 heavy (non-hydrogen) atoms. The Kier molecular flexibility index (Phi) is 5.78. The maximum atomic E-state index is 12.5. The SMILES string of the molecule is Cl.N[C@H](c1cccc(-c2ccccc2)c1)[C@@H](O)C(F)(F)F. The van der Waals surface area contributed by atoms with E-state index in [1.807, 2.05) is 30.3 Å². The van der Waals surface area contributed by atoms with Crippen molar-refractivity contribution in [2.75, 3.05) is 0 Å². The van der Waals surface area contributed by atoms with Crippen LogP contribution in [0.15, 0.2) is 54.6 Å². The maximum Gasteiger partial charge on any atom is 0.416 e. The molecule has 2 aromatic carbocycles. The van der Waals surface area contributed by atoms with Gasteiger partial charge in [0.1, 0.15) is 0 Å². The van der Waals surface area contributed by atoms with Gasteiger partial charge in [0.25, 0.3) is 0 Å². The number of hydrogen-bond acceptors (Lipinski definition) is 2. The average Bonchev–Trinajstić information content (AvgIpc) is 2.46. The van der Waals surface area contributed by atoms with Crippen LogP contribution in [0.2, 0.25) is 0 Å². The van der Waals surface area contributed by atoms with E-state index < -0.39 is 18.3 Å². The Morgan fingerprint density at radius 2 is 1.48 bits per heavy atom. The number of benzene rings is 2. The van der Waals surface area contributed by atoms with Crippen molar-refractivity contribution in [3.05, 3.63) is 60.2 Å². The largest absolute Gasteiger partial charge is 0.416 e. The molecule has 0 spiro atoms. The summed E-state index contributed by atoms with van der Waals surface area (Å²) in [5.74, 6) is 0. The first kappa shape index (κ1) is 17.5. The number of aliphatic hydroxyl groups excluding tert-OH is 1. The van der Waals surface area contributed by atoms with E-state index in [4.69, 9.17) is 5.73 Å². The molecule has 0 aliphatic rings. The monoisotopic (exact) mass is 317 g/mol. The van der Waals surface area contributed by atoms with Gasteiger partial charge in [-0.3, -0.25) is 0 Å². The molecule has 0 saturated carbocycles. The third kappa shape index (κ3) is 4.20. The second-order valence-corrected chi connectivity index (χ2v) is 4.50. The lowest BCUT2D eigenvalue weighted by Gasteiger charge is -2.22. The highest BCUT2D eigenvalue weighted by Gasteiger charge is 2.42. The highest BCUT2D eigenvalue weighted by Crippen LogP contribution is 2.30. The van der Waals surface area contributed by atoms with E-state index >= 15 is 0 Å². The van der Waals surface area contributed by atoms with Crippen molar-refractivity contribution >= 4 is 12.4 Å². The zero-order chi connectivity index (χ0) is 14.8. The van der Waals surface area contributed by atoms with Gasteiger partial charge in [-0.15, -0.1) is 12.4 Å². The van der Waals surface area contributed by atoms with Gasteiger partial charge < -0.3 is 10.8 Å². The molecule has 0 unspecified atom stereocenters. The first-order chi connectivity index (χ1) is 9.39. The molecule has 2 aromatic rings. The first-order valence-corrected chi connectivity index (χ1v) is 6.05. The van der Waals surface area contributed by atoms with Crippen molar-refractivity contribution in [1.29, 1.82) is 0 Å². The molecule has 6 heteroatoms. The molecule has 2 atom stereocenters. The summed E-state index contributed by atoms with van der Waals surface area (Å²) in [7, 11) is 0. The van der Waals surface area contributed by atoms with Crippen molar-refractivity contribution in [2.24, 2.45) is 5.73 Å². The highest BCUT2D eigenvalue weighted by molar-refractivity contribution is 5.85. The van der Waals surface area contributed by atoms with Crippen molar-refractivity contribution in [3.8, 4) is 11.1 Å². The van der Waals surface area contributed by atoms with Crippen molar-refractivity contribution in [1.82, 2.24) is 0 Å². The molecule has 0 saturated heterocycles. The van der Waals surface area contributed by atoms with Gasteiger partial charge in [0.05, 0.1) is 6.04 Å². The topological polar surface area (TPSA) is 46.2 Å². The summed E-state index contributed by atoms with van der Waals surface area (Å²) >= 11 is 0. The number of nitrogens with two attached hydrogens (primary N) is 1. The van der Waals surface area contributed by atoms with Crippen molar-refractivity contribution in [2.45, 2.75) is 18.3 Å². The molecular weight excluding hydrogens is 303 g/mol. The molecule has 3 N–H and O–H groups in total. The second-order valence-electron chi connectivity index (χ2n) is 4.50. The lowest BCUT2D eigenvalue weighted by atomic mass is 9.97. The lowest BCUT2D eigenvalue weighted by molar-refractivity contribution is -0.210. The number of rotatable bonds is 3. The van der Waals surface area contributed by atoms with E-state index in [2.05, 4.69) is 0 Å². The molecule has 0 aliphatic heterocycles. The minimum absolute atomic E-state index is 0. The molecule has 0 fully saturated rings. The smallest absolute Gasteiger partial charge is 0.382 e. The van der Waals surface area contributed by atoms with Crippen LogP contribution < -0.4 is 5.73 Å². The molecule has 2 nitrogen and oxygen atoms in total. The Morgan fingerprint density at radius 3 is 2.05 bits per heavy atom. The van der Waals surface area contributed by atoms with Gasteiger partial charge in [0, 0.05) is 0 Å². The van der Waals surface area contributed by atoms with Crippen LogP contribution >= 0.6 is 12.4 Å². The van der Waals surface area contributed by atoms with Gasteiger partial charge in [-0.2, -0.15) is 13.2 Å². The van der Waals surface area contributed by atoms with Crippen LogP contribution in [0.1, 0.15) is 11.6 Å². The summed E-state index contributed by atoms with van der Waals surface area (Å²) in [4.78, 5) is 0. The Hall–Kier alpha value is -1.56. The predicted molar refractivity (Wildman–Crippen MR) is 78.1 cm³/mol. The molecule has 0 heterocycles. The summed E-state index contributed by atoms with van der Waals surface area (Å²) in [6.45, 7) is 0. The van der Waals surface area contributed by atoms with Crippen LogP contribution in [-0.4, -0.2) is 17.4 Å². The van der Waals surface area contributed by atoms with Crippen molar-refractivity contribution in [3.63, 3.8) is 0 Å². The fourth-order valence-corrected chi connectivity index (χ4v) is 1.94. The summed E-state index contributed by atoms with van der Waals surface area (Å²) < 4.78 is 37.4. The van der Waals surface area contributed by atoms with Crippen molar-refractivity contribution < 1.29 is 18.3 Å². The third-order valence-electron chi connectivity index (χ3n) is 3.05. The van der Waals surface area contributed by atoms with Crippen LogP contribution in [0, 0.1) is 0 Å². The van der Waals surface area contributed by atoms with Crippen LogP contribution in [0.5, 0.6) is 0 Å². The summed E-state index contributed by atoms with van der Waals surface area (Å²) in [6, 6.07) is 14.2. The van der Waals surface area contributed by atoms with Gasteiger partial charge in [-0.05, 0) is 22.8 Å². The molecule has 0 radical (unpaired) electrons. The quantitative estimate of drug-likeness (QED) is 0.906. The average molecular weight is 318 g/mol. The van der Waals surface area contributed by atoms with Gasteiger partial charge in [-0.1, -0.05) is 48.5 Å². The van der Waals surface area contributed by atoms with Crippen LogP contribution in [-0.2, 0) is 0 Å². The molecule has 0 bridgehead atoms. The Morgan fingerprint density at radius 1 is 0.905 bits per heavy atom. The van der Waals surface area contributed by atoms with Crippen LogP contribution in [0.3, 0.4) is 0 Å². The Balaban J connectivity index is 0.00000220. The third-order valence-corrected chi connectivity index (χ3v) is 3.05. The molecule has 0 amide bonds. The van der Waals surface area contributed by atoms with E-state index in [0.717, 1.165) is 11.1 Å². The minimum atomic E-state index is -4.73. The number of halogens is 4. The standard InChI is InChI=1S/C15H14F3NO.ClH/c16-15(17,18)14(20)13(19)12-8-4-7-11(9-12)10-5-2-1-3-6-10;/h1-9,13-14,20H,19H2;1H/t13-,14-;/m1./s1. The minimum Gasteiger partial charge on any atom is -0.382 e. The van der Waals surface area contributed by atoms with Crippen LogP contribution in [0.4, 0.5) is 13.2 Å². The van der Waals surface area contributed by atoms with E-state index in [-0.39, 0.29) is 18.0 Å². The molecule has 0 aliphatic carbocycles. The van der Waals surface area contributed by atoms with Gasteiger partial charge in [-0.25, -0.2) is 0 Å². The van der Waals surface area contributed by atoms with Gasteiger partial charge >= 0.3 is 6.18 Å². The Bertz CT molecular complexity index is 575. The lowest BCUT2D eigenvalue weighted by Crippen LogP contribution is -2.38. The molecule has 2 rings (SSSR count). The highest BCUT2D eigenvalue weighted by atomic mass is 35.5. The van der Waals surface area contributed by atoms with Gasteiger partial charge in [0.15, 0.2) is 6.10 Å². The normalized spacial score (nSPS) is 14.1. The van der Waals surface area contributed by atoms with E-state index in [1.54, 1.807) is 18.2 Å². The molecular formula is C15H15ClF3NO. The fourth-order valence-electron chi connectivity index (χ4n) is 1.94. The first-order valence-electron chi connectivity index (χ1n) is 6.05. The summed E-state index contributed by atoms with van der Waals surface area (Å²) in [5, 5.41) is 9.22. The second kappa shape index (κ2) is 6.93.